The van der Waals surface area contributed by atoms with Crippen molar-refractivity contribution in [3.8, 4) is 0 Å². The molecule has 0 spiro atoms. The lowest BCUT2D eigenvalue weighted by Crippen LogP contribution is -2.38. The molecule has 0 aromatic heterocycles. The second-order valence-electron chi connectivity index (χ2n) is 4.24. The highest BCUT2D eigenvalue weighted by atomic mass is 127. The topological polar surface area (TPSA) is 41.1 Å². The first kappa shape index (κ1) is 16.2. The van der Waals surface area contributed by atoms with Crippen LogP contribution in [-0.4, -0.2) is 11.0 Å². The minimum absolute atomic E-state index is 0.276. The van der Waals surface area contributed by atoms with Crippen molar-refractivity contribution in [3.63, 3.8) is 0 Å². The van der Waals surface area contributed by atoms with Crippen molar-refractivity contribution in [1.29, 1.82) is 0 Å². The van der Waals surface area contributed by atoms with Gasteiger partial charge in [0.25, 0.3) is 5.91 Å². The van der Waals surface area contributed by atoms with E-state index < -0.39 is 0 Å². The number of carbonyl (C=O) groups excluding carboxylic acids is 1. The van der Waals surface area contributed by atoms with Crippen LogP contribution in [-0.2, 0) is 6.54 Å². The molecule has 2 aromatic rings. The number of hydrogen-bond donors (Lipinski definition) is 2. The maximum Gasteiger partial charge on any atom is 0.258 e. The van der Waals surface area contributed by atoms with E-state index >= 15 is 0 Å². The summed E-state index contributed by atoms with van der Waals surface area (Å²) in [5.41, 5.74) is 1.49. The summed E-state index contributed by atoms with van der Waals surface area (Å²) in [4.78, 5) is 12.0. The van der Waals surface area contributed by atoms with Gasteiger partial charge >= 0.3 is 0 Å². The summed E-state index contributed by atoms with van der Waals surface area (Å²) in [7, 11) is 0. The summed E-state index contributed by atoms with van der Waals surface area (Å²) in [6.45, 7) is 0.554. The fraction of sp³-hybridized carbons (Fsp3) is 0.0667. The summed E-state index contributed by atoms with van der Waals surface area (Å²) < 4.78 is 1.17. The first-order valence-corrected chi connectivity index (χ1v) is 8.01. The van der Waals surface area contributed by atoms with Gasteiger partial charge in [-0.15, -0.1) is 0 Å². The standard InChI is InChI=1S/C15H12ClIN2OS/c16-13-4-2-1-3-12(13)14(20)19-15(21)18-9-10-5-7-11(17)8-6-10/h1-8H,9H2,(H2,18,19,20,21). The van der Waals surface area contributed by atoms with Crippen molar-refractivity contribution in [2.45, 2.75) is 6.54 Å². The Morgan fingerprint density at radius 2 is 1.81 bits per heavy atom. The van der Waals surface area contributed by atoms with Crippen molar-refractivity contribution < 1.29 is 4.79 Å². The van der Waals surface area contributed by atoms with Crippen molar-refractivity contribution >= 4 is 57.4 Å². The number of benzene rings is 2. The molecular formula is C15H12ClIN2OS. The fourth-order valence-corrected chi connectivity index (χ4v) is 2.39. The van der Waals surface area contributed by atoms with Gasteiger partial charge in [-0.2, -0.15) is 0 Å². The lowest BCUT2D eigenvalue weighted by molar-refractivity contribution is 0.0977. The molecule has 0 aliphatic rings. The Labute approximate surface area is 147 Å². The zero-order valence-corrected chi connectivity index (χ0v) is 14.6. The third-order valence-corrected chi connectivity index (χ3v) is 4.01. The van der Waals surface area contributed by atoms with E-state index in [2.05, 4.69) is 33.2 Å². The summed E-state index contributed by atoms with van der Waals surface area (Å²) in [5, 5.41) is 6.28. The molecule has 6 heteroatoms. The predicted molar refractivity (Wildman–Crippen MR) is 97.5 cm³/mol. The quantitative estimate of drug-likeness (QED) is 0.576. The minimum atomic E-state index is -0.319. The first-order valence-electron chi connectivity index (χ1n) is 6.14. The Bertz CT molecular complexity index is 661. The van der Waals surface area contributed by atoms with Crippen molar-refractivity contribution in [2.75, 3.05) is 0 Å². The second kappa shape index (κ2) is 7.72. The van der Waals surface area contributed by atoms with Crippen LogP contribution in [0.5, 0.6) is 0 Å². The van der Waals surface area contributed by atoms with Gasteiger partial charge in [-0.1, -0.05) is 35.9 Å². The monoisotopic (exact) mass is 430 g/mol. The van der Waals surface area contributed by atoms with E-state index in [1.807, 2.05) is 24.3 Å². The van der Waals surface area contributed by atoms with Crippen molar-refractivity contribution in [3.05, 3.63) is 68.3 Å². The van der Waals surface area contributed by atoms with Gasteiger partial charge in [0.15, 0.2) is 5.11 Å². The number of nitrogens with one attached hydrogen (secondary N) is 2. The molecule has 2 N–H and O–H groups in total. The van der Waals surface area contributed by atoms with Crippen LogP contribution in [0.3, 0.4) is 0 Å². The van der Waals surface area contributed by atoms with Crippen LogP contribution in [0.4, 0.5) is 0 Å². The molecule has 2 aromatic carbocycles. The molecule has 0 bridgehead atoms. The van der Waals surface area contributed by atoms with E-state index in [0.717, 1.165) is 5.56 Å². The zero-order chi connectivity index (χ0) is 15.2. The van der Waals surface area contributed by atoms with Crippen LogP contribution in [0.25, 0.3) is 0 Å². The van der Waals surface area contributed by atoms with E-state index in [1.54, 1.807) is 24.3 Å². The molecule has 0 heterocycles. The Kier molecular flexibility index (Phi) is 5.96. The average molecular weight is 431 g/mol. The van der Waals surface area contributed by atoms with E-state index in [1.165, 1.54) is 3.57 Å². The van der Waals surface area contributed by atoms with Gasteiger partial charge in [0.2, 0.25) is 0 Å². The van der Waals surface area contributed by atoms with Gasteiger partial charge in [0.1, 0.15) is 0 Å². The third kappa shape index (κ3) is 4.94. The van der Waals surface area contributed by atoms with Gasteiger partial charge in [-0.25, -0.2) is 0 Å². The molecule has 0 saturated heterocycles. The van der Waals surface area contributed by atoms with Gasteiger partial charge in [-0.05, 0) is 64.6 Å². The number of halogens is 2. The summed E-state index contributed by atoms with van der Waals surface area (Å²) in [6.07, 6.45) is 0. The predicted octanol–water partition coefficient (Wildman–Crippen LogP) is 3.75. The van der Waals surface area contributed by atoms with Crippen LogP contribution in [0.15, 0.2) is 48.5 Å². The second-order valence-corrected chi connectivity index (χ2v) is 6.30. The van der Waals surface area contributed by atoms with Gasteiger partial charge in [0.05, 0.1) is 10.6 Å². The Balaban J connectivity index is 1.89. The minimum Gasteiger partial charge on any atom is -0.358 e. The van der Waals surface area contributed by atoms with Crippen LogP contribution in [0, 0.1) is 3.57 Å². The number of carbonyl (C=O) groups is 1. The normalized spacial score (nSPS) is 10.0. The molecule has 2 rings (SSSR count). The molecule has 1 amide bonds. The van der Waals surface area contributed by atoms with Gasteiger partial charge in [0, 0.05) is 10.1 Å². The highest BCUT2D eigenvalue weighted by molar-refractivity contribution is 14.1. The molecule has 0 radical (unpaired) electrons. The van der Waals surface area contributed by atoms with E-state index in [4.69, 9.17) is 23.8 Å². The SMILES string of the molecule is O=C(NC(=S)NCc1ccc(I)cc1)c1ccccc1Cl. The van der Waals surface area contributed by atoms with E-state index in [0.29, 0.717) is 17.1 Å². The van der Waals surface area contributed by atoms with E-state index in [9.17, 15) is 4.79 Å². The average Bonchev–Trinajstić information content (AvgIpc) is 2.47. The molecule has 0 atom stereocenters. The van der Waals surface area contributed by atoms with Gasteiger partial charge < -0.3 is 5.32 Å². The molecular weight excluding hydrogens is 419 g/mol. The number of rotatable bonds is 3. The van der Waals surface area contributed by atoms with Crippen LogP contribution >= 0.6 is 46.4 Å². The van der Waals surface area contributed by atoms with Crippen LogP contribution in [0.2, 0.25) is 5.02 Å². The molecule has 3 nitrogen and oxygen atoms in total. The Morgan fingerprint density at radius 3 is 2.48 bits per heavy atom. The van der Waals surface area contributed by atoms with E-state index in [-0.39, 0.29) is 11.0 Å². The Morgan fingerprint density at radius 1 is 1.14 bits per heavy atom. The lowest BCUT2D eigenvalue weighted by Gasteiger charge is -2.10. The van der Waals surface area contributed by atoms with Crippen LogP contribution < -0.4 is 10.6 Å². The summed E-state index contributed by atoms with van der Waals surface area (Å²) in [6, 6.07) is 14.9. The lowest BCUT2D eigenvalue weighted by atomic mass is 10.2. The maximum atomic E-state index is 12.0. The number of thiocarbonyl (C=S) groups is 1. The van der Waals surface area contributed by atoms with Gasteiger partial charge in [-0.3, -0.25) is 10.1 Å². The Hall–Kier alpha value is -1.18. The third-order valence-electron chi connectivity index (χ3n) is 2.71. The zero-order valence-electron chi connectivity index (χ0n) is 10.9. The highest BCUT2D eigenvalue weighted by Gasteiger charge is 2.10. The molecule has 108 valence electrons. The molecule has 0 saturated carbocycles. The number of amides is 1. The fourth-order valence-electron chi connectivity index (χ4n) is 1.64. The smallest absolute Gasteiger partial charge is 0.258 e. The molecule has 0 fully saturated rings. The molecule has 21 heavy (non-hydrogen) atoms. The molecule has 0 aliphatic carbocycles. The maximum absolute atomic E-state index is 12.0. The van der Waals surface area contributed by atoms with Crippen molar-refractivity contribution in [1.82, 2.24) is 10.6 Å². The molecule has 0 unspecified atom stereocenters. The first-order chi connectivity index (χ1) is 10.1. The van der Waals surface area contributed by atoms with Crippen molar-refractivity contribution in [2.24, 2.45) is 0 Å². The summed E-state index contributed by atoms with van der Waals surface area (Å²) in [5.74, 6) is -0.319. The molecule has 0 aliphatic heterocycles. The largest absolute Gasteiger partial charge is 0.358 e. The summed E-state index contributed by atoms with van der Waals surface area (Å²) >= 11 is 13.3. The van der Waals surface area contributed by atoms with Crippen LogP contribution in [0.1, 0.15) is 15.9 Å². The number of hydrogen-bond acceptors (Lipinski definition) is 2. The highest BCUT2D eigenvalue weighted by Crippen LogP contribution is 2.14.